The van der Waals surface area contributed by atoms with Crippen LogP contribution in [0.4, 0.5) is 4.39 Å². The summed E-state index contributed by atoms with van der Waals surface area (Å²) in [6, 6.07) is 6.53. The molecule has 0 saturated carbocycles. The van der Waals surface area contributed by atoms with Crippen LogP contribution >= 0.6 is 0 Å². The minimum atomic E-state index is -0.264. The van der Waals surface area contributed by atoms with Crippen molar-refractivity contribution in [3.05, 3.63) is 35.6 Å². The minimum Gasteiger partial charge on any atom is -0.351 e. The molecule has 1 amide bonds. The average Bonchev–Trinajstić information content (AvgIpc) is 2.36. The first kappa shape index (κ1) is 17.6. The van der Waals surface area contributed by atoms with Gasteiger partial charge in [0.15, 0.2) is 0 Å². The van der Waals surface area contributed by atoms with Crippen molar-refractivity contribution in [3.8, 4) is 0 Å². The zero-order chi connectivity index (χ0) is 16.0. The summed E-state index contributed by atoms with van der Waals surface area (Å²) in [6.45, 7) is 6.59. The van der Waals surface area contributed by atoms with Crippen molar-refractivity contribution in [1.82, 2.24) is 10.2 Å². The van der Waals surface area contributed by atoms with E-state index >= 15 is 0 Å². The Balaban J connectivity index is 2.63. The summed E-state index contributed by atoms with van der Waals surface area (Å²) in [5.41, 5.74) is 6.10. The highest BCUT2D eigenvalue weighted by atomic mass is 19.1. The van der Waals surface area contributed by atoms with Crippen LogP contribution in [0.1, 0.15) is 32.8 Å². The van der Waals surface area contributed by atoms with Gasteiger partial charge in [0, 0.05) is 36.7 Å². The Morgan fingerprint density at radius 3 is 2.52 bits per heavy atom. The van der Waals surface area contributed by atoms with Crippen molar-refractivity contribution in [3.63, 3.8) is 0 Å². The topological polar surface area (TPSA) is 58.4 Å². The number of hydrogen-bond acceptors (Lipinski definition) is 3. The molecule has 21 heavy (non-hydrogen) atoms. The van der Waals surface area contributed by atoms with Crippen LogP contribution < -0.4 is 11.1 Å². The molecule has 0 radical (unpaired) electrons. The van der Waals surface area contributed by atoms with Crippen molar-refractivity contribution in [2.75, 3.05) is 13.6 Å². The lowest BCUT2D eigenvalue weighted by atomic mass is 10.1. The number of nitrogens with zero attached hydrogens (tertiary/aromatic N) is 1. The van der Waals surface area contributed by atoms with E-state index in [1.165, 1.54) is 6.07 Å². The first-order valence-electron chi connectivity index (χ1n) is 7.17. The molecule has 4 nitrogen and oxygen atoms in total. The van der Waals surface area contributed by atoms with E-state index in [-0.39, 0.29) is 23.3 Å². The second-order valence-electron chi connectivity index (χ2n) is 6.40. The Bertz CT molecular complexity index is 471. The van der Waals surface area contributed by atoms with Gasteiger partial charge in [-0.2, -0.15) is 0 Å². The molecule has 118 valence electrons. The summed E-state index contributed by atoms with van der Waals surface area (Å²) in [4.78, 5) is 13.9. The van der Waals surface area contributed by atoms with E-state index in [0.29, 0.717) is 25.1 Å². The van der Waals surface area contributed by atoms with Crippen LogP contribution in [0.15, 0.2) is 24.3 Å². The summed E-state index contributed by atoms with van der Waals surface area (Å²) in [5, 5.41) is 2.92. The lowest BCUT2D eigenvalue weighted by Crippen LogP contribution is -2.46. The fourth-order valence-corrected chi connectivity index (χ4v) is 2.13. The Labute approximate surface area is 126 Å². The van der Waals surface area contributed by atoms with Crippen LogP contribution in [0.3, 0.4) is 0 Å². The second kappa shape index (κ2) is 7.52. The monoisotopic (exact) mass is 295 g/mol. The van der Waals surface area contributed by atoms with Gasteiger partial charge in [0.2, 0.25) is 5.91 Å². The van der Waals surface area contributed by atoms with Crippen molar-refractivity contribution < 1.29 is 9.18 Å². The maximum Gasteiger partial charge on any atom is 0.222 e. The molecule has 0 spiro atoms. The van der Waals surface area contributed by atoms with Crippen LogP contribution in [0, 0.1) is 5.82 Å². The Morgan fingerprint density at radius 1 is 1.38 bits per heavy atom. The third-order valence-electron chi connectivity index (χ3n) is 3.21. The maximum absolute atomic E-state index is 13.7. The molecule has 0 aliphatic rings. The summed E-state index contributed by atoms with van der Waals surface area (Å²) in [5.74, 6) is -0.280. The van der Waals surface area contributed by atoms with Gasteiger partial charge < -0.3 is 11.1 Å². The van der Waals surface area contributed by atoms with Gasteiger partial charge in [-0.25, -0.2) is 4.39 Å². The predicted molar refractivity (Wildman–Crippen MR) is 83.2 cm³/mol. The molecule has 3 N–H and O–H groups in total. The van der Waals surface area contributed by atoms with Crippen LogP contribution in [-0.2, 0) is 11.3 Å². The predicted octanol–water partition coefficient (Wildman–Crippen LogP) is 1.89. The number of carbonyl (C=O) groups excluding carboxylic acids is 1. The lowest BCUT2D eigenvalue weighted by molar-refractivity contribution is -0.123. The van der Waals surface area contributed by atoms with Gasteiger partial charge in [0.25, 0.3) is 0 Å². The van der Waals surface area contributed by atoms with E-state index in [4.69, 9.17) is 5.73 Å². The molecule has 1 unspecified atom stereocenters. The number of nitrogens with one attached hydrogen (secondary N) is 1. The molecule has 0 heterocycles. The molecule has 0 saturated heterocycles. The second-order valence-corrected chi connectivity index (χ2v) is 6.40. The van der Waals surface area contributed by atoms with Crippen molar-refractivity contribution >= 4 is 5.91 Å². The van der Waals surface area contributed by atoms with Crippen LogP contribution in [0.2, 0.25) is 0 Å². The zero-order valence-electron chi connectivity index (χ0n) is 13.3. The third-order valence-corrected chi connectivity index (χ3v) is 3.21. The van der Waals surface area contributed by atoms with Crippen LogP contribution in [0.25, 0.3) is 0 Å². The molecule has 1 rings (SSSR count). The quantitative estimate of drug-likeness (QED) is 0.842. The fraction of sp³-hybridized carbons (Fsp3) is 0.562. The summed E-state index contributed by atoms with van der Waals surface area (Å²) in [6.07, 6.45) is 0.304. The highest BCUT2D eigenvalue weighted by Crippen LogP contribution is 2.12. The molecule has 0 aliphatic heterocycles. The van der Waals surface area contributed by atoms with Crippen LogP contribution in [-0.4, -0.2) is 36.0 Å². The summed E-state index contributed by atoms with van der Waals surface area (Å²) < 4.78 is 13.7. The number of hydrogen-bond donors (Lipinski definition) is 2. The number of rotatable bonds is 6. The number of likely N-dealkylation sites (N-methyl/N-ethyl adjacent to an activating group) is 1. The number of nitrogens with two attached hydrogens (primary N) is 1. The molecule has 5 heteroatoms. The highest BCUT2D eigenvalue weighted by molar-refractivity contribution is 5.77. The fourth-order valence-electron chi connectivity index (χ4n) is 2.13. The number of benzene rings is 1. The number of halogens is 1. The summed E-state index contributed by atoms with van der Waals surface area (Å²) >= 11 is 0. The van der Waals surface area contributed by atoms with Gasteiger partial charge in [0.05, 0.1) is 0 Å². The molecule has 0 bridgehead atoms. The van der Waals surface area contributed by atoms with Gasteiger partial charge in [-0.15, -0.1) is 0 Å². The molecular weight excluding hydrogens is 269 g/mol. The first-order valence-corrected chi connectivity index (χ1v) is 7.17. The lowest BCUT2D eigenvalue weighted by Gasteiger charge is -2.28. The first-order chi connectivity index (χ1) is 9.73. The van der Waals surface area contributed by atoms with E-state index in [0.717, 1.165) is 0 Å². The molecular formula is C16H26FN3O. The minimum absolute atomic E-state index is 0.0432. The van der Waals surface area contributed by atoms with E-state index in [1.807, 2.05) is 32.7 Å². The molecule has 1 aromatic rings. The van der Waals surface area contributed by atoms with Crippen LogP contribution in [0.5, 0.6) is 0 Å². The summed E-state index contributed by atoms with van der Waals surface area (Å²) in [7, 11) is 1.86. The van der Waals surface area contributed by atoms with Crippen molar-refractivity contribution in [1.29, 1.82) is 0 Å². The van der Waals surface area contributed by atoms with Crippen molar-refractivity contribution in [2.45, 2.75) is 45.3 Å². The Hall–Kier alpha value is -1.46. The standard InChI is InChI=1S/C16H26FN3O/c1-16(2,3)19-15(21)9-13(10-18)20(4)11-12-7-5-6-8-14(12)17/h5-8,13H,9-11,18H2,1-4H3,(H,19,21). The normalized spacial score (nSPS) is 13.3. The third kappa shape index (κ3) is 6.23. The van der Waals surface area contributed by atoms with Gasteiger partial charge in [0.1, 0.15) is 5.82 Å². The van der Waals surface area contributed by atoms with E-state index in [9.17, 15) is 9.18 Å². The van der Waals surface area contributed by atoms with Gasteiger partial charge in [-0.3, -0.25) is 9.69 Å². The Kier molecular flexibility index (Phi) is 6.30. The molecule has 0 aromatic heterocycles. The maximum atomic E-state index is 13.7. The molecule has 1 aromatic carbocycles. The smallest absolute Gasteiger partial charge is 0.222 e. The van der Waals surface area contributed by atoms with E-state index in [1.54, 1.807) is 18.2 Å². The Morgan fingerprint density at radius 2 is 2.00 bits per heavy atom. The average molecular weight is 295 g/mol. The van der Waals surface area contributed by atoms with Gasteiger partial charge in [-0.1, -0.05) is 18.2 Å². The van der Waals surface area contributed by atoms with Crippen molar-refractivity contribution in [2.24, 2.45) is 5.73 Å². The van der Waals surface area contributed by atoms with Gasteiger partial charge in [-0.05, 0) is 33.9 Å². The zero-order valence-corrected chi connectivity index (χ0v) is 13.3. The largest absolute Gasteiger partial charge is 0.351 e. The van der Waals surface area contributed by atoms with Gasteiger partial charge >= 0.3 is 0 Å². The molecule has 1 atom stereocenters. The number of amides is 1. The highest BCUT2D eigenvalue weighted by Gasteiger charge is 2.21. The molecule has 0 fully saturated rings. The van der Waals surface area contributed by atoms with E-state index < -0.39 is 0 Å². The van der Waals surface area contributed by atoms with E-state index in [2.05, 4.69) is 5.32 Å². The SMILES string of the molecule is CN(Cc1ccccc1F)C(CN)CC(=O)NC(C)(C)C. The number of carbonyl (C=O) groups is 1. The molecule has 0 aliphatic carbocycles.